The van der Waals surface area contributed by atoms with Gasteiger partial charge in [-0.3, -0.25) is 10.1 Å². The van der Waals surface area contributed by atoms with E-state index < -0.39 is 4.92 Å². The highest BCUT2D eigenvalue weighted by Gasteiger charge is 2.07. The molecular formula is C22H16ClN3O3S. The van der Waals surface area contributed by atoms with E-state index in [2.05, 4.69) is 10.3 Å². The topological polar surface area (TPSA) is 77.3 Å². The van der Waals surface area contributed by atoms with Gasteiger partial charge in [0.25, 0.3) is 5.69 Å². The largest absolute Gasteiger partial charge is 0.489 e. The lowest BCUT2D eigenvalue weighted by Crippen LogP contribution is -1.96. The number of halogens is 1. The van der Waals surface area contributed by atoms with Crippen LogP contribution in [0.3, 0.4) is 0 Å². The smallest absolute Gasteiger partial charge is 0.269 e. The van der Waals surface area contributed by atoms with Crippen molar-refractivity contribution in [3.8, 4) is 17.0 Å². The number of ether oxygens (including phenoxy) is 1. The van der Waals surface area contributed by atoms with Gasteiger partial charge in [0.1, 0.15) is 12.4 Å². The fraction of sp³-hybridized carbons (Fsp3) is 0.0455. The predicted molar refractivity (Wildman–Crippen MR) is 120 cm³/mol. The van der Waals surface area contributed by atoms with E-state index in [9.17, 15) is 10.1 Å². The summed E-state index contributed by atoms with van der Waals surface area (Å²) in [5.41, 5.74) is 3.66. The zero-order valence-corrected chi connectivity index (χ0v) is 17.2. The molecule has 0 unspecified atom stereocenters. The molecule has 1 aromatic heterocycles. The minimum Gasteiger partial charge on any atom is -0.489 e. The first kappa shape index (κ1) is 19.9. The van der Waals surface area contributed by atoms with E-state index in [1.165, 1.54) is 23.5 Å². The predicted octanol–water partition coefficient (Wildman–Crippen LogP) is 6.69. The van der Waals surface area contributed by atoms with Crippen molar-refractivity contribution in [2.45, 2.75) is 6.61 Å². The number of aromatic nitrogens is 1. The van der Waals surface area contributed by atoms with Crippen LogP contribution >= 0.6 is 22.9 Å². The van der Waals surface area contributed by atoms with Crippen molar-refractivity contribution < 1.29 is 9.66 Å². The molecule has 0 spiro atoms. The molecule has 0 radical (unpaired) electrons. The second-order valence-electron chi connectivity index (χ2n) is 6.41. The van der Waals surface area contributed by atoms with Crippen LogP contribution in [0.5, 0.6) is 5.75 Å². The van der Waals surface area contributed by atoms with Gasteiger partial charge in [-0.1, -0.05) is 17.7 Å². The molecule has 0 fully saturated rings. The normalized spacial score (nSPS) is 10.6. The summed E-state index contributed by atoms with van der Waals surface area (Å²) in [5, 5.41) is 17.4. The van der Waals surface area contributed by atoms with E-state index >= 15 is 0 Å². The second kappa shape index (κ2) is 8.94. The van der Waals surface area contributed by atoms with Crippen molar-refractivity contribution in [3.63, 3.8) is 0 Å². The molecule has 0 aliphatic rings. The molecule has 0 saturated heterocycles. The number of rotatable bonds is 7. The highest BCUT2D eigenvalue weighted by molar-refractivity contribution is 7.14. The standard InChI is InChI=1S/C22H16ClN3O3S/c23-17-2-1-3-18(12-17)24-22-25-21(14-30-22)16-6-10-20(11-7-16)29-13-15-4-8-19(9-5-15)26(27)28/h1-12,14H,13H2,(H,24,25). The molecule has 150 valence electrons. The Morgan fingerprint density at radius 3 is 2.53 bits per heavy atom. The zero-order chi connectivity index (χ0) is 20.9. The van der Waals surface area contributed by atoms with Gasteiger partial charge in [0, 0.05) is 33.8 Å². The fourth-order valence-corrected chi connectivity index (χ4v) is 3.69. The molecule has 0 amide bonds. The van der Waals surface area contributed by atoms with Crippen LogP contribution in [0.2, 0.25) is 5.02 Å². The lowest BCUT2D eigenvalue weighted by molar-refractivity contribution is -0.384. The minimum absolute atomic E-state index is 0.0654. The Balaban J connectivity index is 1.37. The third-order valence-corrected chi connectivity index (χ3v) is 5.28. The number of nitro benzene ring substituents is 1. The van der Waals surface area contributed by atoms with Crippen LogP contribution < -0.4 is 10.1 Å². The quantitative estimate of drug-likeness (QED) is 0.257. The van der Waals surface area contributed by atoms with Crippen molar-refractivity contribution in [1.29, 1.82) is 0 Å². The zero-order valence-electron chi connectivity index (χ0n) is 15.6. The molecular weight excluding hydrogens is 422 g/mol. The Kier molecular flexibility index (Phi) is 5.92. The van der Waals surface area contributed by atoms with Gasteiger partial charge in [0.15, 0.2) is 5.13 Å². The molecule has 6 nitrogen and oxygen atoms in total. The number of nitrogens with zero attached hydrogens (tertiary/aromatic N) is 2. The lowest BCUT2D eigenvalue weighted by Gasteiger charge is -2.07. The van der Waals surface area contributed by atoms with Crippen molar-refractivity contribution in [1.82, 2.24) is 4.98 Å². The summed E-state index contributed by atoms with van der Waals surface area (Å²) in [6.45, 7) is 0.335. The van der Waals surface area contributed by atoms with Crippen LogP contribution in [0.25, 0.3) is 11.3 Å². The van der Waals surface area contributed by atoms with Crippen LogP contribution in [0.4, 0.5) is 16.5 Å². The number of benzene rings is 3. The average Bonchev–Trinajstić information content (AvgIpc) is 3.21. The molecule has 4 rings (SSSR count). The maximum atomic E-state index is 10.7. The Morgan fingerprint density at radius 2 is 1.83 bits per heavy atom. The molecule has 1 heterocycles. The maximum Gasteiger partial charge on any atom is 0.269 e. The lowest BCUT2D eigenvalue weighted by atomic mass is 10.2. The first-order chi connectivity index (χ1) is 14.6. The van der Waals surface area contributed by atoms with Gasteiger partial charge < -0.3 is 10.1 Å². The third-order valence-electron chi connectivity index (χ3n) is 4.28. The fourth-order valence-electron chi connectivity index (χ4n) is 2.76. The molecule has 0 aliphatic carbocycles. The van der Waals surface area contributed by atoms with E-state index in [-0.39, 0.29) is 5.69 Å². The number of nitrogens with one attached hydrogen (secondary N) is 1. The summed E-state index contributed by atoms with van der Waals surface area (Å²) in [5.74, 6) is 0.713. The monoisotopic (exact) mass is 437 g/mol. The average molecular weight is 438 g/mol. The summed E-state index contributed by atoms with van der Waals surface area (Å²) < 4.78 is 5.77. The number of hydrogen-bond donors (Lipinski definition) is 1. The Labute approximate surface area is 181 Å². The highest BCUT2D eigenvalue weighted by atomic mass is 35.5. The molecule has 3 aromatic carbocycles. The summed E-state index contributed by atoms with van der Waals surface area (Å²) in [6, 6.07) is 21.5. The van der Waals surface area contributed by atoms with Gasteiger partial charge in [-0.2, -0.15) is 0 Å². The summed E-state index contributed by atoms with van der Waals surface area (Å²) in [4.78, 5) is 14.9. The van der Waals surface area contributed by atoms with E-state index in [1.54, 1.807) is 12.1 Å². The molecule has 1 N–H and O–H groups in total. The summed E-state index contributed by atoms with van der Waals surface area (Å²) in [6.07, 6.45) is 0. The molecule has 0 atom stereocenters. The number of hydrogen-bond acceptors (Lipinski definition) is 6. The van der Waals surface area contributed by atoms with E-state index in [1.807, 2.05) is 53.9 Å². The summed E-state index contributed by atoms with van der Waals surface area (Å²) >= 11 is 7.53. The summed E-state index contributed by atoms with van der Waals surface area (Å²) in [7, 11) is 0. The number of nitro groups is 1. The highest BCUT2D eigenvalue weighted by Crippen LogP contribution is 2.29. The van der Waals surface area contributed by atoms with Crippen LogP contribution in [-0.4, -0.2) is 9.91 Å². The molecule has 8 heteroatoms. The van der Waals surface area contributed by atoms with Gasteiger partial charge in [0.2, 0.25) is 0 Å². The van der Waals surface area contributed by atoms with Crippen molar-refractivity contribution in [2.75, 3.05) is 5.32 Å². The van der Waals surface area contributed by atoms with Crippen molar-refractivity contribution in [3.05, 3.63) is 98.9 Å². The number of thiazole rings is 1. The van der Waals surface area contributed by atoms with E-state index in [0.29, 0.717) is 17.4 Å². The first-order valence-electron chi connectivity index (χ1n) is 9.01. The molecule has 0 bridgehead atoms. The van der Waals surface area contributed by atoms with Crippen LogP contribution in [0.1, 0.15) is 5.56 Å². The van der Waals surface area contributed by atoms with Gasteiger partial charge in [0.05, 0.1) is 10.6 Å². The van der Waals surface area contributed by atoms with Crippen molar-refractivity contribution >= 4 is 39.4 Å². The van der Waals surface area contributed by atoms with Crippen LogP contribution in [0, 0.1) is 10.1 Å². The Bertz CT molecular complexity index is 1160. The Morgan fingerprint density at radius 1 is 1.07 bits per heavy atom. The van der Waals surface area contributed by atoms with Crippen molar-refractivity contribution in [2.24, 2.45) is 0 Å². The molecule has 4 aromatic rings. The van der Waals surface area contributed by atoms with Crippen LogP contribution in [0.15, 0.2) is 78.2 Å². The number of anilines is 2. The van der Waals surface area contributed by atoms with Gasteiger partial charge >= 0.3 is 0 Å². The number of non-ortho nitro benzene ring substituents is 1. The second-order valence-corrected chi connectivity index (χ2v) is 7.70. The molecule has 30 heavy (non-hydrogen) atoms. The SMILES string of the molecule is O=[N+]([O-])c1ccc(COc2ccc(-c3csc(Nc4cccc(Cl)c4)n3)cc2)cc1. The van der Waals surface area contributed by atoms with E-state index in [0.717, 1.165) is 27.6 Å². The molecule has 0 aliphatic heterocycles. The third kappa shape index (κ3) is 4.94. The Hall–Kier alpha value is -3.42. The van der Waals surface area contributed by atoms with Crippen LogP contribution in [-0.2, 0) is 6.61 Å². The van der Waals surface area contributed by atoms with Gasteiger partial charge in [-0.05, 0) is 60.2 Å². The minimum atomic E-state index is -0.419. The first-order valence-corrected chi connectivity index (χ1v) is 10.3. The van der Waals surface area contributed by atoms with Gasteiger partial charge in [-0.25, -0.2) is 4.98 Å². The van der Waals surface area contributed by atoms with Gasteiger partial charge in [-0.15, -0.1) is 11.3 Å². The maximum absolute atomic E-state index is 10.7. The van der Waals surface area contributed by atoms with E-state index in [4.69, 9.17) is 16.3 Å². The molecule has 0 saturated carbocycles.